The predicted molar refractivity (Wildman–Crippen MR) is 82.9 cm³/mol. The molecule has 0 aromatic heterocycles. The molecule has 2 rings (SSSR count). The van der Waals surface area contributed by atoms with Gasteiger partial charge in [-0.1, -0.05) is 12.1 Å². The highest BCUT2D eigenvalue weighted by Gasteiger charge is 2.38. The van der Waals surface area contributed by atoms with Gasteiger partial charge >= 0.3 is 0 Å². The monoisotopic (exact) mass is 360 g/mol. The van der Waals surface area contributed by atoms with Crippen LogP contribution in [-0.2, 0) is 14.4 Å². The summed E-state index contributed by atoms with van der Waals surface area (Å²) in [7, 11) is 0. The molecule has 0 radical (unpaired) electrons. The fourth-order valence-electron chi connectivity index (χ4n) is 1.47. The van der Waals surface area contributed by atoms with E-state index in [2.05, 4.69) is 0 Å². The first-order valence-electron chi connectivity index (χ1n) is 6.44. The summed E-state index contributed by atoms with van der Waals surface area (Å²) in [6, 6.07) is 6.33. The Morgan fingerprint density at radius 1 is 1.13 bits per heavy atom. The number of benzene rings is 1. The summed E-state index contributed by atoms with van der Waals surface area (Å²) < 4.78 is 0. The Balaban J connectivity index is 0.000000379. The lowest BCUT2D eigenvalue weighted by molar-refractivity contribution is -0.153. The fourth-order valence-corrected chi connectivity index (χ4v) is 1.47. The van der Waals surface area contributed by atoms with Crippen LogP contribution in [0.1, 0.15) is 34.6 Å². The molecule has 1 aromatic rings. The number of hydrogen-bond donors (Lipinski definition) is 1. The Bertz CT molecular complexity index is 613. The second kappa shape index (κ2) is 8.05. The van der Waals surface area contributed by atoms with Gasteiger partial charge in [-0.25, -0.2) is 4.84 Å². The number of nitrogens with zero attached hydrogens (tertiary/aromatic N) is 1. The molecular formula is C14H14Cl2N2O5. The Hall–Kier alpha value is -1.96. The standard InChI is InChI=1S/C11H10N2O4.C3H4Cl2O/c1-6(9(12)14)17-13-10(15)7-4-2-3-5-8(7)11(13)16;1-2(4)3(5)6/h2-6H,1H3,(H2,12,14);2H,1H3. The van der Waals surface area contributed by atoms with Crippen LogP contribution in [0.2, 0.25) is 0 Å². The first kappa shape index (κ1) is 19.1. The van der Waals surface area contributed by atoms with Crippen LogP contribution in [0.5, 0.6) is 0 Å². The fraction of sp³-hybridized carbons (Fsp3) is 0.286. The molecule has 0 fully saturated rings. The molecule has 1 aromatic carbocycles. The van der Waals surface area contributed by atoms with Gasteiger partial charge in [0.05, 0.1) is 11.1 Å². The predicted octanol–water partition coefficient (Wildman–Crippen LogP) is 1.47. The molecule has 1 heterocycles. The maximum absolute atomic E-state index is 11.8. The highest BCUT2D eigenvalue weighted by molar-refractivity contribution is 6.69. The topological polar surface area (TPSA) is 107 Å². The van der Waals surface area contributed by atoms with Crippen LogP contribution in [0.3, 0.4) is 0 Å². The van der Waals surface area contributed by atoms with Crippen LogP contribution >= 0.6 is 23.2 Å². The van der Waals surface area contributed by atoms with E-state index in [1.807, 2.05) is 0 Å². The van der Waals surface area contributed by atoms with Crippen LogP contribution in [0.25, 0.3) is 0 Å². The average Bonchev–Trinajstić information content (AvgIpc) is 2.73. The molecule has 7 nitrogen and oxygen atoms in total. The summed E-state index contributed by atoms with van der Waals surface area (Å²) in [5.74, 6) is -1.92. The van der Waals surface area contributed by atoms with Gasteiger partial charge in [0, 0.05) is 0 Å². The van der Waals surface area contributed by atoms with Crippen LogP contribution in [-0.4, -0.2) is 39.5 Å². The maximum Gasteiger partial charge on any atom is 0.285 e. The summed E-state index contributed by atoms with van der Waals surface area (Å²) in [6.07, 6.45) is -1.04. The lowest BCUT2D eigenvalue weighted by Gasteiger charge is -2.16. The van der Waals surface area contributed by atoms with Crippen molar-refractivity contribution in [2.24, 2.45) is 5.73 Å². The summed E-state index contributed by atoms with van der Waals surface area (Å²) in [6.45, 7) is 2.89. The minimum Gasteiger partial charge on any atom is -0.367 e. The van der Waals surface area contributed by atoms with Gasteiger partial charge in [-0.15, -0.1) is 16.7 Å². The molecule has 9 heteroatoms. The van der Waals surface area contributed by atoms with E-state index in [1.54, 1.807) is 12.1 Å². The third-order valence-corrected chi connectivity index (χ3v) is 3.37. The van der Waals surface area contributed by atoms with Crippen molar-refractivity contribution in [3.8, 4) is 0 Å². The second-order valence-electron chi connectivity index (χ2n) is 4.52. The van der Waals surface area contributed by atoms with Gasteiger partial charge in [0.15, 0.2) is 6.10 Å². The molecule has 3 amide bonds. The van der Waals surface area contributed by atoms with Gasteiger partial charge in [0.2, 0.25) is 11.1 Å². The minimum atomic E-state index is -1.04. The number of fused-ring (bicyclic) bond motifs is 1. The number of carbonyl (C=O) groups excluding carboxylic acids is 4. The van der Waals surface area contributed by atoms with Crippen molar-refractivity contribution >= 4 is 46.2 Å². The SMILES string of the molecule is CC(Cl)C(=O)Cl.CC(ON1C(=O)c2ccccc2C1=O)C(N)=O. The van der Waals surface area contributed by atoms with E-state index in [1.165, 1.54) is 26.0 Å². The largest absolute Gasteiger partial charge is 0.367 e. The van der Waals surface area contributed by atoms with Crippen molar-refractivity contribution < 1.29 is 24.0 Å². The van der Waals surface area contributed by atoms with Crippen molar-refractivity contribution in [2.45, 2.75) is 25.3 Å². The number of alkyl halides is 1. The summed E-state index contributed by atoms with van der Waals surface area (Å²) in [4.78, 5) is 49.1. The van der Waals surface area contributed by atoms with Gasteiger partial charge in [-0.3, -0.25) is 19.2 Å². The van der Waals surface area contributed by atoms with Gasteiger partial charge in [-0.05, 0) is 37.6 Å². The van der Waals surface area contributed by atoms with Gasteiger partial charge in [0.1, 0.15) is 5.38 Å². The Kier molecular flexibility index (Phi) is 6.68. The van der Waals surface area contributed by atoms with Gasteiger partial charge in [-0.2, -0.15) is 0 Å². The molecule has 0 saturated carbocycles. The van der Waals surface area contributed by atoms with Crippen LogP contribution in [0.15, 0.2) is 24.3 Å². The number of imide groups is 1. The number of halogens is 2. The number of nitrogens with two attached hydrogens (primary N) is 1. The lowest BCUT2D eigenvalue weighted by Crippen LogP contribution is -2.39. The highest BCUT2D eigenvalue weighted by Crippen LogP contribution is 2.23. The van der Waals surface area contributed by atoms with E-state index in [-0.39, 0.29) is 11.1 Å². The molecule has 0 spiro atoms. The number of amides is 3. The maximum atomic E-state index is 11.8. The van der Waals surface area contributed by atoms with E-state index in [4.69, 9.17) is 33.8 Å². The molecule has 0 bridgehead atoms. The van der Waals surface area contributed by atoms with Gasteiger partial charge in [0.25, 0.3) is 11.8 Å². The first-order valence-corrected chi connectivity index (χ1v) is 7.25. The molecule has 2 unspecified atom stereocenters. The first-order chi connectivity index (χ1) is 10.7. The quantitative estimate of drug-likeness (QED) is 0.497. The van der Waals surface area contributed by atoms with E-state index >= 15 is 0 Å². The number of hydrogen-bond acceptors (Lipinski definition) is 5. The van der Waals surface area contributed by atoms with Gasteiger partial charge < -0.3 is 5.73 Å². The number of hydroxylamine groups is 2. The second-order valence-corrected chi connectivity index (χ2v) is 5.55. The van der Waals surface area contributed by atoms with Crippen molar-refractivity contribution in [1.82, 2.24) is 5.06 Å². The Morgan fingerprint density at radius 3 is 1.83 bits per heavy atom. The summed E-state index contributed by atoms with van der Waals surface area (Å²) >= 11 is 9.97. The average molecular weight is 361 g/mol. The number of primary amides is 1. The smallest absolute Gasteiger partial charge is 0.285 e. The third-order valence-electron chi connectivity index (χ3n) is 2.73. The third kappa shape index (κ3) is 4.75. The molecule has 1 aliphatic rings. The number of rotatable bonds is 4. The summed E-state index contributed by atoms with van der Waals surface area (Å²) in [5.41, 5.74) is 5.51. The van der Waals surface area contributed by atoms with Crippen molar-refractivity contribution in [3.05, 3.63) is 35.4 Å². The van der Waals surface area contributed by atoms with Crippen molar-refractivity contribution in [2.75, 3.05) is 0 Å². The van der Waals surface area contributed by atoms with E-state index in [0.717, 1.165) is 0 Å². The van der Waals surface area contributed by atoms with Crippen LogP contribution in [0, 0.1) is 0 Å². The lowest BCUT2D eigenvalue weighted by atomic mass is 10.1. The molecule has 1 aliphatic heterocycles. The Morgan fingerprint density at radius 2 is 1.52 bits per heavy atom. The van der Waals surface area contributed by atoms with Crippen molar-refractivity contribution in [1.29, 1.82) is 0 Å². The molecule has 0 aliphatic carbocycles. The van der Waals surface area contributed by atoms with Crippen LogP contribution < -0.4 is 5.73 Å². The molecule has 0 saturated heterocycles. The highest BCUT2D eigenvalue weighted by atomic mass is 35.5. The molecular weight excluding hydrogens is 347 g/mol. The van der Waals surface area contributed by atoms with E-state index in [9.17, 15) is 19.2 Å². The Labute approximate surface area is 142 Å². The zero-order valence-corrected chi connectivity index (χ0v) is 13.8. The van der Waals surface area contributed by atoms with Crippen molar-refractivity contribution in [3.63, 3.8) is 0 Å². The van der Waals surface area contributed by atoms with E-state index in [0.29, 0.717) is 5.06 Å². The minimum absolute atomic E-state index is 0.258. The molecule has 2 N–H and O–H groups in total. The number of carbonyl (C=O) groups is 4. The van der Waals surface area contributed by atoms with Crippen LogP contribution in [0.4, 0.5) is 0 Å². The molecule has 23 heavy (non-hydrogen) atoms. The molecule has 2 atom stereocenters. The summed E-state index contributed by atoms with van der Waals surface area (Å²) in [5, 5.41) is -0.483. The van der Waals surface area contributed by atoms with E-state index < -0.39 is 34.4 Å². The zero-order valence-electron chi connectivity index (χ0n) is 12.3. The normalized spacial score (nSPS) is 15.4. The molecule has 124 valence electrons. The zero-order chi connectivity index (χ0) is 17.7.